The molecule has 3 rings (SSSR count). The average molecular weight is 356 g/mol. The number of aryl methyl sites for hydroxylation is 1. The topological polar surface area (TPSA) is 59.3 Å². The fraction of sp³-hybridized carbons (Fsp3) is 0.200. The zero-order valence-corrected chi connectivity index (χ0v) is 14.5. The van der Waals surface area contributed by atoms with Gasteiger partial charge in [-0.1, -0.05) is 54.1 Å². The number of hydrogen-bond acceptors (Lipinski definition) is 3. The van der Waals surface area contributed by atoms with Crippen LogP contribution in [0.15, 0.2) is 63.8 Å². The Morgan fingerprint density at radius 1 is 1.16 bits per heavy atom. The number of nitrogens with one attached hydrogen (secondary N) is 1. The molecule has 4 nitrogen and oxygen atoms in total. The smallest absolute Gasteiger partial charge is 0.349 e. The van der Waals surface area contributed by atoms with Gasteiger partial charge >= 0.3 is 5.63 Å². The molecule has 0 spiro atoms. The monoisotopic (exact) mass is 355 g/mol. The zero-order valence-electron chi connectivity index (χ0n) is 13.8. The molecule has 1 atom stereocenters. The lowest BCUT2D eigenvalue weighted by Crippen LogP contribution is -2.35. The molecule has 1 aromatic heterocycles. The Kier molecular flexibility index (Phi) is 5.19. The summed E-state index contributed by atoms with van der Waals surface area (Å²) in [5.41, 5.74) is 0.806. The fourth-order valence-corrected chi connectivity index (χ4v) is 2.89. The summed E-state index contributed by atoms with van der Waals surface area (Å²) in [7, 11) is 0. The highest BCUT2D eigenvalue weighted by Gasteiger charge is 2.16. The minimum atomic E-state index is -0.687. The van der Waals surface area contributed by atoms with Crippen molar-refractivity contribution in [2.75, 3.05) is 0 Å². The first-order chi connectivity index (χ1) is 12.0. The second-order valence-corrected chi connectivity index (χ2v) is 6.41. The van der Waals surface area contributed by atoms with Crippen molar-refractivity contribution in [2.45, 2.75) is 25.8 Å². The molecular formula is C20H18ClNO3. The van der Waals surface area contributed by atoms with Gasteiger partial charge in [-0.2, -0.15) is 0 Å². The third-order valence-electron chi connectivity index (χ3n) is 4.04. The van der Waals surface area contributed by atoms with Crippen molar-refractivity contribution in [1.29, 1.82) is 0 Å². The van der Waals surface area contributed by atoms with Gasteiger partial charge in [-0.05, 0) is 37.5 Å². The summed E-state index contributed by atoms with van der Waals surface area (Å²) in [6.07, 6.45) is 1.63. The zero-order chi connectivity index (χ0) is 17.8. The summed E-state index contributed by atoms with van der Waals surface area (Å²) in [4.78, 5) is 24.5. The van der Waals surface area contributed by atoms with E-state index in [9.17, 15) is 9.59 Å². The Labute approximate surface area is 150 Å². The van der Waals surface area contributed by atoms with Crippen LogP contribution in [0.2, 0.25) is 5.02 Å². The van der Waals surface area contributed by atoms with E-state index < -0.39 is 11.5 Å². The number of fused-ring (bicyclic) bond motifs is 1. The summed E-state index contributed by atoms with van der Waals surface area (Å²) in [5.74, 6) is -0.434. The van der Waals surface area contributed by atoms with Gasteiger partial charge < -0.3 is 9.73 Å². The van der Waals surface area contributed by atoms with Crippen LogP contribution in [0.3, 0.4) is 0 Å². The number of hydrogen-bond donors (Lipinski definition) is 1. The average Bonchev–Trinajstić information content (AvgIpc) is 2.61. The molecule has 1 heterocycles. The van der Waals surface area contributed by atoms with Gasteiger partial charge in [-0.3, -0.25) is 4.79 Å². The van der Waals surface area contributed by atoms with Crippen LogP contribution < -0.4 is 10.9 Å². The number of halogens is 1. The van der Waals surface area contributed by atoms with E-state index in [1.54, 1.807) is 18.2 Å². The molecule has 0 aliphatic carbocycles. The van der Waals surface area contributed by atoms with Crippen LogP contribution in [0.5, 0.6) is 0 Å². The summed E-state index contributed by atoms with van der Waals surface area (Å²) < 4.78 is 5.21. The first-order valence-corrected chi connectivity index (χ1v) is 8.49. The predicted octanol–water partition coefficient (Wildman–Crippen LogP) is 4.20. The lowest BCUT2D eigenvalue weighted by atomic mass is 10.1. The molecule has 3 aromatic rings. The van der Waals surface area contributed by atoms with E-state index in [1.165, 1.54) is 11.6 Å². The number of para-hydroxylation sites is 1. The summed E-state index contributed by atoms with van der Waals surface area (Å²) in [6.45, 7) is 1.92. The van der Waals surface area contributed by atoms with Crippen molar-refractivity contribution in [1.82, 2.24) is 5.32 Å². The van der Waals surface area contributed by atoms with E-state index in [0.717, 1.165) is 12.8 Å². The van der Waals surface area contributed by atoms with Gasteiger partial charge in [0.2, 0.25) is 0 Å². The summed E-state index contributed by atoms with van der Waals surface area (Å²) >= 11 is 6.01. The molecular weight excluding hydrogens is 338 g/mol. The maximum absolute atomic E-state index is 12.4. The normalized spacial score (nSPS) is 12.1. The van der Waals surface area contributed by atoms with Crippen LogP contribution in [-0.2, 0) is 6.42 Å². The van der Waals surface area contributed by atoms with Crippen LogP contribution in [0.25, 0.3) is 11.0 Å². The SMILES string of the molecule is C[C@H](CCc1ccccc1)NC(=O)c1cc2cccc(Cl)c2oc1=O. The van der Waals surface area contributed by atoms with E-state index >= 15 is 0 Å². The Hall–Kier alpha value is -2.59. The van der Waals surface area contributed by atoms with Crippen molar-refractivity contribution in [3.63, 3.8) is 0 Å². The Balaban J connectivity index is 1.71. The molecule has 0 saturated carbocycles. The molecule has 0 bridgehead atoms. The maximum Gasteiger partial charge on any atom is 0.349 e. The number of benzene rings is 2. The number of rotatable bonds is 5. The second kappa shape index (κ2) is 7.53. The molecule has 0 fully saturated rings. The van der Waals surface area contributed by atoms with Crippen LogP contribution in [0, 0.1) is 0 Å². The Bertz CT molecular complexity index is 950. The highest BCUT2D eigenvalue weighted by molar-refractivity contribution is 6.34. The molecule has 1 N–H and O–H groups in total. The summed E-state index contributed by atoms with van der Waals surface area (Å²) in [6, 6.07) is 16.6. The molecule has 0 radical (unpaired) electrons. The highest BCUT2D eigenvalue weighted by atomic mass is 35.5. The molecule has 0 aliphatic heterocycles. The predicted molar refractivity (Wildman–Crippen MR) is 99.2 cm³/mol. The van der Waals surface area contributed by atoms with Gasteiger partial charge in [-0.15, -0.1) is 0 Å². The highest BCUT2D eigenvalue weighted by Crippen LogP contribution is 2.22. The third kappa shape index (κ3) is 4.09. The first kappa shape index (κ1) is 17.2. The maximum atomic E-state index is 12.4. The van der Waals surface area contributed by atoms with Crippen LogP contribution in [-0.4, -0.2) is 11.9 Å². The third-order valence-corrected chi connectivity index (χ3v) is 4.34. The fourth-order valence-electron chi connectivity index (χ4n) is 2.67. The van der Waals surface area contributed by atoms with Gasteiger partial charge in [0.05, 0.1) is 5.02 Å². The van der Waals surface area contributed by atoms with Gasteiger partial charge in [0.1, 0.15) is 5.56 Å². The molecule has 25 heavy (non-hydrogen) atoms. The van der Waals surface area contributed by atoms with E-state index in [1.807, 2.05) is 25.1 Å². The van der Waals surface area contributed by atoms with Gasteiger partial charge in [0.25, 0.3) is 5.91 Å². The Morgan fingerprint density at radius 3 is 2.68 bits per heavy atom. The van der Waals surface area contributed by atoms with Crippen molar-refractivity contribution in [2.24, 2.45) is 0 Å². The van der Waals surface area contributed by atoms with E-state index in [4.69, 9.17) is 16.0 Å². The molecule has 0 aliphatic rings. The minimum Gasteiger partial charge on any atom is -0.421 e. The van der Waals surface area contributed by atoms with Crippen molar-refractivity contribution < 1.29 is 9.21 Å². The Morgan fingerprint density at radius 2 is 1.92 bits per heavy atom. The quantitative estimate of drug-likeness (QED) is 0.698. The van der Waals surface area contributed by atoms with E-state index in [2.05, 4.69) is 17.4 Å². The van der Waals surface area contributed by atoms with E-state index in [0.29, 0.717) is 16.0 Å². The second-order valence-electron chi connectivity index (χ2n) is 6.00. The number of carbonyl (C=O) groups excluding carboxylic acids is 1. The first-order valence-electron chi connectivity index (χ1n) is 8.12. The van der Waals surface area contributed by atoms with Crippen molar-refractivity contribution in [3.8, 4) is 0 Å². The molecule has 1 amide bonds. The summed E-state index contributed by atoms with van der Waals surface area (Å²) in [5, 5.41) is 3.82. The lowest BCUT2D eigenvalue weighted by molar-refractivity contribution is 0.0935. The van der Waals surface area contributed by atoms with Crippen LogP contribution >= 0.6 is 11.6 Å². The number of carbonyl (C=O) groups is 1. The van der Waals surface area contributed by atoms with Crippen molar-refractivity contribution >= 4 is 28.5 Å². The van der Waals surface area contributed by atoms with Gasteiger partial charge in [0, 0.05) is 11.4 Å². The molecule has 128 valence electrons. The lowest BCUT2D eigenvalue weighted by Gasteiger charge is -2.13. The van der Waals surface area contributed by atoms with Crippen LogP contribution in [0.1, 0.15) is 29.3 Å². The molecule has 2 aromatic carbocycles. The molecule has 5 heteroatoms. The van der Waals surface area contributed by atoms with Crippen LogP contribution in [0.4, 0.5) is 0 Å². The minimum absolute atomic E-state index is 0.0127. The van der Waals surface area contributed by atoms with Crippen molar-refractivity contribution in [3.05, 3.63) is 81.2 Å². The molecule has 0 saturated heterocycles. The number of amides is 1. The largest absolute Gasteiger partial charge is 0.421 e. The van der Waals surface area contributed by atoms with Gasteiger partial charge in [-0.25, -0.2) is 4.79 Å². The van der Waals surface area contributed by atoms with Gasteiger partial charge in [0.15, 0.2) is 5.58 Å². The molecule has 0 unspecified atom stereocenters. The standard InChI is InChI=1S/C20H18ClNO3/c1-13(10-11-14-6-3-2-4-7-14)22-19(23)16-12-15-8-5-9-17(21)18(15)25-20(16)24/h2-9,12-13H,10-11H2,1H3,(H,22,23)/t13-/m1/s1. The van der Waals surface area contributed by atoms with E-state index in [-0.39, 0.29) is 11.6 Å².